The third kappa shape index (κ3) is 3.31. The van der Waals surface area contributed by atoms with Crippen molar-refractivity contribution in [2.75, 3.05) is 0 Å². The van der Waals surface area contributed by atoms with E-state index in [0.29, 0.717) is 5.56 Å². The van der Waals surface area contributed by atoms with Gasteiger partial charge in [0.05, 0.1) is 12.0 Å². The lowest BCUT2D eigenvalue weighted by Gasteiger charge is -2.26. The summed E-state index contributed by atoms with van der Waals surface area (Å²) in [6, 6.07) is 8.70. The van der Waals surface area contributed by atoms with Crippen molar-refractivity contribution >= 4 is 11.8 Å². The summed E-state index contributed by atoms with van der Waals surface area (Å²) >= 11 is 0. The first-order valence-corrected chi connectivity index (χ1v) is 7.49. The molecule has 1 atom stereocenters. The summed E-state index contributed by atoms with van der Waals surface area (Å²) < 4.78 is 34.4. The van der Waals surface area contributed by atoms with Crippen LogP contribution in [0.25, 0.3) is 0 Å². The van der Waals surface area contributed by atoms with Crippen molar-refractivity contribution in [2.45, 2.75) is 25.9 Å². The Balaban J connectivity index is 2.11. The first-order valence-electron chi connectivity index (χ1n) is 7.49. The molecule has 3 rings (SSSR count). The number of hydrogen-bond donors (Lipinski definition) is 1. The number of rotatable bonds is 4. The van der Waals surface area contributed by atoms with Crippen LogP contribution in [0.1, 0.15) is 40.7 Å². The summed E-state index contributed by atoms with van der Waals surface area (Å²) in [5, 5.41) is 10.5. The van der Waals surface area contributed by atoms with E-state index < -0.39 is 18.5 Å². The highest BCUT2D eigenvalue weighted by atomic mass is 19.3. The number of esters is 1. The zero-order valence-corrected chi connectivity index (χ0v) is 13.2. The number of phenols is 1. The van der Waals surface area contributed by atoms with Crippen LogP contribution in [0.15, 0.2) is 36.4 Å². The van der Waals surface area contributed by atoms with E-state index >= 15 is 0 Å². The zero-order chi connectivity index (χ0) is 18.1. The number of Topliss-reactive ketones (excluding diaryl/α,β-unsaturated/α-hetero) is 1. The Morgan fingerprint density at radius 1 is 1.32 bits per heavy atom. The van der Waals surface area contributed by atoms with Crippen molar-refractivity contribution in [3.8, 4) is 17.2 Å². The highest BCUT2D eigenvalue weighted by Crippen LogP contribution is 2.45. The standard InChI is InChI=1S/C18H14F2O5/c1-9(21)12-5-6-14-16(17(12)23)13(8-15(22)25-14)10-3-2-4-11(7-10)24-18(19)20/h2-7,13,18,23H,8H2,1H3. The van der Waals surface area contributed by atoms with Crippen LogP contribution in [0.5, 0.6) is 17.2 Å². The molecule has 0 saturated heterocycles. The molecule has 7 heteroatoms. The zero-order valence-electron chi connectivity index (χ0n) is 13.2. The van der Waals surface area contributed by atoms with Crippen LogP contribution < -0.4 is 9.47 Å². The number of benzene rings is 2. The Labute approximate surface area is 141 Å². The Morgan fingerprint density at radius 3 is 2.76 bits per heavy atom. The first kappa shape index (κ1) is 16.9. The molecule has 1 aliphatic rings. The van der Waals surface area contributed by atoms with E-state index in [4.69, 9.17) is 4.74 Å². The smallest absolute Gasteiger partial charge is 0.387 e. The van der Waals surface area contributed by atoms with Crippen LogP contribution in [0.4, 0.5) is 8.78 Å². The van der Waals surface area contributed by atoms with Gasteiger partial charge in [-0.1, -0.05) is 12.1 Å². The van der Waals surface area contributed by atoms with E-state index in [1.807, 2.05) is 0 Å². The molecule has 1 heterocycles. The summed E-state index contributed by atoms with van der Waals surface area (Å²) in [4.78, 5) is 23.5. The van der Waals surface area contributed by atoms with E-state index in [9.17, 15) is 23.5 Å². The van der Waals surface area contributed by atoms with Crippen molar-refractivity contribution in [2.24, 2.45) is 0 Å². The van der Waals surface area contributed by atoms with Crippen LogP contribution >= 0.6 is 0 Å². The number of halogens is 2. The number of carbonyl (C=O) groups is 2. The molecule has 1 aliphatic heterocycles. The lowest BCUT2D eigenvalue weighted by Crippen LogP contribution is -2.21. The molecule has 2 aromatic carbocycles. The number of hydrogen-bond acceptors (Lipinski definition) is 5. The van der Waals surface area contributed by atoms with Crippen LogP contribution in [0.2, 0.25) is 0 Å². The van der Waals surface area contributed by atoms with Gasteiger partial charge in [0.1, 0.15) is 17.2 Å². The molecular weight excluding hydrogens is 334 g/mol. The molecule has 1 unspecified atom stereocenters. The first-order chi connectivity index (χ1) is 11.9. The highest BCUT2D eigenvalue weighted by molar-refractivity contribution is 5.98. The van der Waals surface area contributed by atoms with Gasteiger partial charge >= 0.3 is 12.6 Å². The van der Waals surface area contributed by atoms with Gasteiger partial charge in [-0.25, -0.2) is 0 Å². The second kappa shape index (κ2) is 6.51. The molecule has 130 valence electrons. The van der Waals surface area contributed by atoms with Gasteiger partial charge in [-0.15, -0.1) is 0 Å². The minimum Gasteiger partial charge on any atom is -0.507 e. The van der Waals surface area contributed by atoms with E-state index in [1.165, 1.54) is 37.3 Å². The van der Waals surface area contributed by atoms with E-state index in [0.717, 1.165) is 0 Å². The van der Waals surface area contributed by atoms with Crippen molar-refractivity contribution < 1.29 is 33.0 Å². The molecule has 0 radical (unpaired) electrons. The molecule has 0 aliphatic carbocycles. The van der Waals surface area contributed by atoms with Gasteiger partial charge in [0.15, 0.2) is 5.78 Å². The Morgan fingerprint density at radius 2 is 2.08 bits per heavy atom. The van der Waals surface area contributed by atoms with Crippen LogP contribution in [0, 0.1) is 0 Å². The summed E-state index contributed by atoms with van der Waals surface area (Å²) in [5.74, 6) is -1.70. The number of alkyl halides is 2. The number of aromatic hydroxyl groups is 1. The minimum atomic E-state index is -2.98. The number of carbonyl (C=O) groups excluding carboxylic acids is 2. The molecule has 0 fully saturated rings. The molecule has 25 heavy (non-hydrogen) atoms. The SMILES string of the molecule is CC(=O)c1ccc2c(c1O)C(c1cccc(OC(F)F)c1)CC(=O)O2. The number of phenolic OH excluding ortho intramolecular Hbond substituents is 1. The average Bonchev–Trinajstić information content (AvgIpc) is 2.53. The molecule has 2 aromatic rings. The average molecular weight is 348 g/mol. The fraction of sp³-hybridized carbons (Fsp3) is 0.222. The van der Waals surface area contributed by atoms with Crippen LogP contribution in [0.3, 0.4) is 0 Å². The predicted octanol–water partition coefficient (Wildman–Crippen LogP) is 3.64. The molecule has 0 amide bonds. The topological polar surface area (TPSA) is 72.8 Å². The van der Waals surface area contributed by atoms with Crippen LogP contribution in [-0.2, 0) is 4.79 Å². The fourth-order valence-corrected chi connectivity index (χ4v) is 2.92. The quantitative estimate of drug-likeness (QED) is 0.519. The lowest BCUT2D eigenvalue weighted by molar-refractivity contribution is -0.135. The summed E-state index contributed by atoms with van der Waals surface area (Å²) in [7, 11) is 0. The molecule has 0 bridgehead atoms. The molecule has 0 spiro atoms. The monoisotopic (exact) mass is 348 g/mol. The number of fused-ring (bicyclic) bond motifs is 1. The van der Waals surface area contributed by atoms with Crippen LogP contribution in [-0.4, -0.2) is 23.5 Å². The van der Waals surface area contributed by atoms with Gasteiger partial charge in [-0.05, 0) is 36.8 Å². The maximum absolute atomic E-state index is 12.4. The third-order valence-corrected chi connectivity index (χ3v) is 3.99. The highest BCUT2D eigenvalue weighted by Gasteiger charge is 2.33. The molecule has 0 saturated carbocycles. The van der Waals surface area contributed by atoms with E-state index in [1.54, 1.807) is 6.07 Å². The van der Waals surface area contributed by atoms with Gasteiger partial charge in [0.25, 0.3) is 0 Å². The van der Waals surface area contributed by atoms with Crippen molar-refractivity contribution in [3.05, 3.63) is 53.1 Å². The van der Waals surface area contributed by atoms with Gasteiger partial charge in [-0.3, -0.25) is 9.59 Å². The normalized spacial score (nSPS) is 16.3. The van der Waals surface area contributed by atoms with Gasteiger partial charge in [0.2, 0.25) is 0 Å². The number of ether oxygens (including phenoxy) is 2. The fourth-order valence-electron chi connectivity index (χ4n) is 2.92. The molecular formula is C18H14F2O5. The minimum absolute atomic E-state index is 0.0600. The second-order valence-corrected chi connectivity index (χ2v) is 5.61. The van der Waals surface area contributed by atoms with E-state index in [-0.39, 0.29) is 40.6 Å². The molecule has 0 aromatic heterocycles. The summed E-state index contributed by atoms with van der Waals surface area (Å²) in [6.07, 6.45) is -0.0972. The van der Waals surface area contributed by atoms with Crippen molar-refractivity contribution in [1.82, 2.24) is 0 Å². The predicted molar refractivity (Wildman–Crippen MR) is 83.3 cm³/mol. The molecule has 1 N–H and O–H groups in total. The lowest BCUT2D eigenvalue weighted by atomic mass is 9.84. The Kier molecular flexibility index (Phi) is 4.39. The number of ketones is 1. The van der Waals surface area contributed by atoms with Gasteiger partial charge < -0.3 is 14.6 Å². The maximum atomic E-state index is 12.4. The van der Waals surface area contributed by atoms with Crippen molar-refractivity contribution in [1.29, 1.82) is 0 Å². The maximum Gasteiger partial charge on any atom is 0.387 e. The van der Waals surface area contributed by atoms with Crippen molar-refractivity contribution in [3.63, 3.8) is 0 Å². The third-order valence-electron chi connectivity index (χ3n) is 3.99. The second-order valence-electron chi connectivity index (χ2n) is 5.61. The largest absolute Gasteiger partial charge is 0.507 e. The molecule has 5 nitrogen and oxygen atoms in total. The van der Waals surface area contributed by atoms with Gasteiger partial charge in [0, 0.05) is 11.5 Å². The Bertz CT molecular complexity index is 847. The van der Waals surface area contributed by atoms with Gasteiger partial charge in [-0.2, -0.15) is 8.78 Å². The van der Waals surface area contributed by atoms with E-state index in [2.05, 4.69) is 4.74 Å². The summed E-state index contributed by atoms with van der Waals surface area (Å²) in [6.45, 7) is -1.67. The Hall–Kier alpha value is -2.96. The summed E-state index contributed by atoms with van der Waals surface area (Å²) in [5.41, 5.74) is 0.871.